The molecule has 0 aromatic carbocycles. The molecule has 0 radical (unpaired) electrons. The SMILES string of the molecule is CCCNc1ccc(Cl)c(Cn2cc(C(F)(F)F)cn2)n1. The summed E-state index contributed by atoms with van der Waals surface area (Å²) in [6.45, 7) is 2.86. The zero-order valence-electron chi connectivity index (χ0n) is 11.3. The van der Waals surface area contributed by atoms with E-state index in [2.05, 4.69) is 15.4 Å². The smallest absolute Gasteiger partial charge is 0.370 e. The van der Waals surface area contributed by atoms with Crippen molar-refractivity contribution in [1.29, 1.82) is 0 Å². The molecule has 0 bridgehead atoms. The van der Waals surface area contributed by atoms with Crippen LogP contribution in [0.15, 0.2) is 24.5 Å². The maximum absolute atomic E-state index is 12.5. The predicted molar refractivity (Wildman–Crippen MR) is 74.4 cm³/mol. The summed E-state index contributed by atoms with van der Waals surface area (Å²) in [6, 6.07) is 3.39. The van der Waals surface area contributed by atoms with Crippen LogP contribution in [-0.4, -0.2) is 21.3 Å². The minimum atomic E-state index is -4.40. The number of rotatable bonds is 5. The molecule has 0 aliphatic carbocycles. The maximum atomic E-state index is 12.5. The van der Waals surface area contributed by atoms with Crippen LogP contribution in [0.5, 0.6) is 0 Å². The molecular weight excluding hydrogens is 305 g/mol. The molecule has 0 spiro atoms. The van der Waals surface area contributed by atoms with Gasteiger partial charge in [0.25, 0.3) is 0 Å². The van der Waals surface area contributed by atoms with E-state index < -0.39 is 11.7 Å². The van der Waals surface area contributed by atoms with Crippen LogP contribution < -0.4 is 5.32 Å². The Hall–Kier alpha value is -1.76. The molecule has 0 amide bonds. The van der Waals surface area contributed by atoms with Gasteiger partial charge in [-0.2, -0.15) is 18.3 Å². The Morgan fingerprint density at radius 1 is 1.33 bits per heavy atom. The minimum absolute atomic E-state index is 0.0799. The van der Waals surface area contributed by atoms with Crippen LogP contribution in [-0.2, 0) is 12.7 Å². The topological polar surface area (TPSA) is 42.7 Å². The third-order valence-electron chi connectivity index (χ3n) is 2.75. The normalized spacial score (nSPS) is 11.7. The van der Waals surface area contributed by atoms with Gasteiger partial charge in [0.2, 0.25) is 0 Å². The second-order valence-corrected chi connectivity index (χ2v) is 4.88. The van der Waals surface area contributed by atoms with Gasteiger partial charge in [-0.3, -0.25) is 4.68 Å². The zero-order chi connectivity index (χ0) is 15.5. The number of hydrogen-bond acceptors (Lipinski definition) is 3. The van der Waals surface area contributed by atoms with E-state index in [-0.39, 0.29) is 6.54 Å². The number of nitrogens with one attached hydrogen (secondary N) is 1. The van der Waals surface area contributed by atoms with Gasteiger partial charge in [0.05, 0.1) is 29.0 Å². The minimum Gasteiger partial charge on any atom is -0.370 e. The molecule has 2 aromatic rings. The second kappa shape index (κ2) is 6.34. The largest absolute Gasteiger partial charge is 0.419 e. The monoisotopic (exact) mass is 318 g/mol. The number of alkyl halides is 3. The molecule has 0 atom stereocenters. The number of anilines is 1. The highest BCUT2D eigenvalue weighted by Gasteiger charge is 2.32. The van der Waals surface area contributed by atoms with E-state index in [1.807, 2.05) is 6.92 Å². The van der Waals surface area contributed by atoms with Crippen molar-refractivity contribution in [3.05, 3.63) is 40.8 Å². The molecule has 0 unspecified atom stereocenters. The van der Waals surface area contributed by atoms with Gasteiger partial charge in [-0.15, -0.1) is 0 Å². The average Bonchev–Trinajstić information content (AvgIpc) is 2.88. The first-order chi connectivity index (χ1) is 9.90. The maximum Gasteiger partial charge on any atom is 0.419 e. The quantitative estimate of drug-likeness (QED) is 0.911. The third-order valence-corrected chi connectivity index (χ3v) is 3.09. The molecule has 21 heavy (non-hydrogen) atoms. The van der Waals surface area contributed by atoms with Crippen LogP contribution in [0, 0.1) is 0 Å². The van der Waals surface area contributed by atoms with Crippen molar-refractivity contribution in [2.45, 2.75) is 26.1 Å². The first kappa shape index (κ1) is 15.6. The van der Waals surface area contributed by atoms with Crippen molar-refractivity contribution in [2.75, 3.05) is 11.9 Å². The van der Waals surface area contributed by atoms with Crippen molar-refractivity contribution in [3.8, 4) is 0 Å². The van der Waals surface area contributed by atoms with E-state index in [4.69, 9.17) is 11.6 Å². The Labute approximate surface area is 124 Å². The fourth-order valence-electron chi connectivity index (χ4n) is 1.70. The third kappa shape index (κ3) is 4.10. The van der Waals surface area contributed by atoms with Crippen LogP contribution in [0.25, 0.3) is 0 Å². The molecule has 0 saturated heterocycles. The standard InChI is InChI=1S/C13H14ClF3N4/c1-2-5-18-12-4-3-10(14)11(20-12)8-21-7-9(6-19-21)13(15,16)17/h3-4,6-7H,2,5,8H2,1H3,(H,18,20). The van der Waals surface area contributed by atoms with Crippen molar-refractivity contribution in [2.24, 2.45) is 0 Å². The van der Waals surface area contributed by atoms with E-state index in [1.165, 1.54) is 4.68 Å². The molecule has 2 heterocycles. The lowest BCUT2D eigenvalue weighted by Gasteiger charge is -2.08. The number of hydrogen-bond donors (Lipinski definition) is 1. The van der Waals surface area contributed by atoms with Crippen LogP contribution in [0.1, 0.15) is 24.6 Å². The molecule has 4 nitrogen and oxygen atoms in total. The lowest BCUT2D eigenvalue weighted by molar-refractivity contribution is -0.137. The summed E-state index contributed by atoms with van der Waals surface area (Å²) in [4.78, 5) is 4.29. The Balaban J connectivity index is 2.16. The Bertz CT molecular complexity index is 610. The highest BCUT2D eigenvalue weighted by Crippen LogP contribution is 2.28. The zero-order valence-corrected chi connectivity index (χ0v) is 12.0. The van der Waals surface area contributed by atoms with Crippen molar-refractivity contribution < 1.29 is 13.2 Å². The molecule has 114 valence electrons. The fraction of sp³-hybridized carbons (Fsp3) is 0.385. The Morgan fingerprint density at radius 2 is 2.10 bits per heavy atom. The van der Waals surface area contributed by atoms with E-state index in [0.717, 1.165) is 25.4 Å². The van der Waals surface area contributed by atoms with E-state index in [0.29, 0.717) is 16.5 Å². The summed E-state index contributed by atoms with van der Waals surface area (Å²) in [5, 5.41) is 7.18. The van der Waals surface area contributed by atoms with Gasteiger partial charge in [-0.05, 0) is 18.6 Å². The molecule has 8 heteroatoms. The van der Waals surface area contributed by atoms with Crippen molar-refractivity contribution in [1.82, 2.24) is 14.8 Å². The summed E-state index contributed by atoms with van der Waals surface area (Å²) in [5.41, 5.74) is -0.325. The summed E-state index contributed by atoms with van der Waals surface area (Å²) >= 11 is 6.02. The van der Waals surface area contributed by atoms with Crippen molar-refractivity contribution >= 4 is 17.4 Å². The number of nitrogens with zero attached hydrogens (tertiary/aromatic N) is 3. The van der Waals surface area contributed by atoms with Gasteiger partial charge in [0.15, 0.2) is 0 Å². The second-order valence-electron chi connectivity index (χ2n) is 4.48. The molecule has 0 aliphatic rings. The fourth-order valence-corrected chi connectivity index (χ4v) is 1.86. The molecule has 1 N–H and O–H groups in total. The van der Waals surface area contributed by atoms with Gasteiger partial charge >= 0.3 is 6.18 Å². The molecule has 0 saturated carbocycles. The molecule has 2 rings (SSSR count). The first-order valence-electron chi connectivity index (χ1n) is 6.39. The molecule has 0 aliphatic heterocycles. The number of halogens is 4. The first-order valence-corrected chi connectivity index (χ1v) is 6.77. The van der Waals surface area contributed by atoms with Crippen molar-refractivity contribution in [3.63, 3.8) is 0 Å². The molecule has 2 aromatic heterocycles. The van der Waals surface area contributed by atoms with Gasteiger partial charge in [-0.25, -0.2) is 4.98 Å². The molecular formula is C13H14ClF3N4. The molecule has 0 fully saturated rings. The van der Waals surface area contributed by atoms with Gasteiger partial charge in [0.1, 0.15) is 5.82 Å². The summed E-state index contributed by atoms with van der Waals surface area (Å²) < 4.78 is 38.7. The van der Waals surface area contributed by atoms with E-state index >= 15 is 0 Å². The summed E-state index contributed by atoms with van der Waals surface area (Å²) in [7, 11) is 0. The van der Waals surface area contributed by atoms with Crippen LogP contribution in [0.3, 0.4) is 0 Å². The highest BCUT2D eigenvalue weighted by molar-refractivity contribution is 6.31. The number of pyridine rings is 1. The van der Waals surface area contributed by atoms with E-state index in [1.54, 1.807) is 12.1 Å². The average molecular weight is 319 g/mol. The summed E-state index contributed by atoms with van der Waals surface area (Å²) in [5.74, 6) is 0.638. The lowest BCUT2D eigenvalue weighted by atomic mass is 10.3. The van der Waals surface area contributed by atoms with Gasteiger partial charge < -0.3 is 5.32 Å². The van der Waals surface area contributed by atoms with Gasteiger partial charge in [-0.1, -0.05) is 18.5 Å². The highest BCUT2D eigenvalue weighted by atomic mass is 35.5. The number of aromatic nitrogens is 3. The van der Waals surface area contributed by atoms with E-state index in [9.17, 15) is 13.2 Å². The summed E-state index contributed by atoms with van der Waals surface area (Å²) in [6.07, 6.45) is -1.75. The van der Waals surface area contributed by atoms with Gasteiger partial charge in [0, 0.05) is 12.7 Å². The van der Waals surface area contributed by atoms with Crippen LogP contribution >= 0.6 is 11.6 Å². The Kier molecular flexibility index (Phi) is 4.72. The van der Waals surface area contributed by atoms with Crippen LogP contribution in [0.4, 0.5) is 19.0 Å². The Morgan fingerprint density at radius 3 is 2.71 bits per heavy atom. The van der Waals surface area contributed by atoms with Crippen LogP contribution in [0.2, 0.25) is 5.02 Å². The lowest BCUT2D eigenvalue weighted by Crippen LogP contribution is -2.07. The predicted octanol–water partition coefficient (Wildman–Crippen LogP) is 3.82.